The van der Waals surface area contributed by atoms with Crippen molar-refractivity contribution in [1.82, 2.24) is 19.9 Å². The number of aromatic nitrogens is 4. The molecule has 2 aromatic heterocycles. The number of nitrogens with one attached hydrogen (secondary N) is 2. The molecule has 0 saturated heterocycles. The van der Waals surface area contributed by atoms with Gasteiger partial charge in [-0.1, -0.05) is 77.9 Å². The van der Waals surface area contributed by atoms with Crippen LogP contribution in [-0.4, -0.2) is 19.9 Å². The largest absolute Gasteiger partial charge is 0.340 e. The number of aromatic amines is 2. The smallest absolute Gasteiger partial charge is 0.124 e. The molecule has 2 heterocycles. The van der Waals surface area contributed by atoms with Crippen LogP contribution in [0.25, 0.3) is 44.2 Å². The van der Waals surface area contributed by atoms with Gasteiger partial charge in [-0.2, -0.15) is 0 Å². The van der Waals surface area contributed by atoms with E-state index < -0.39 is 0 Å². The molecule has 0 saturated carbocycles. The van der Waals surface area contributed by atoms with Crippen molar-refractivity contribution < 1.29 is 0 Å². The van der Waals surface area contributed by atoms with Crippen LogP contribution in [-0.2, 0) is 12.8 Å². The zero-order valence-corrected chi connectivity index (χ0v) is 23.2. The fraction of sp³-hybridized carbons (Fsp3) is 0.375. The lowest BCUT2D eigenvalue weighted by Crippen LogP contribution is -2.27. The second kappa shape index (κ2) is 8.52. The van der Waals surface area contributed by atoms with E-state index in [4.69, 9.17) is 21.4 Å². The van der Waals surface area contributed by atoms with Gasteiger partial charge in [0.25, 0.3) is 0 Å². The Hall–Kier alpha value is -3.48. The number of benzene rings is 3. The Morgan fingerprint density at radius 1 is 0.737 bits per heavy atom. The summed E-state index contributed by atoms with van der Waals surface area (Å²) in [7, 11) is 0. The quantitative estimate of drug-likeness (QED) is 0.212. The van der Waals surface area contributed by atoms with Crippen molar-refractivity contribution in [2.45, 2.75) is 66.5 Å². The number of imidazole rings is 2. The predicted octanol–water partition coefficient (Wildman–Crippen LogP) is 6.96. The number of aryl methyl sites for hydroxylation is 2. The lowest BCUT2D eigenvalue weighted by atomic mass is 9.87. The molecule has 1 aliphatic rings. The Labute approximate surface area is 224 Å². The van der Waals surface area contributed by atoms with Gasteiger partial charge in [0.15, 0.2) is 0 Å². The van der Waals surface area contributed by atoms with Gasteiger partial charge in [-0.15, -0.1) is 0 Å². The van der Waals surface area contributed by atoms with Gasteiger partial charge in [-0.25, -0.2) is 9.97 Å². The average Bonchev–Trinajstić information content (AvgIpc) is 3.50. The Morgan fingerprint density at radius 2 is 1.39 bits per heavy atom. The standard InChI is InChI=1S/C32H38N6/c1-31(2,3)27(33)29-35-23-13-9-19-15-17(7-11-21(19)25(23)37-29)18-8-12-22-20(16-18)10-14-24-26(22)38-30(36-24)28(34)32(4,5)6/h7-9,11-13,15-16,27-28H,10,14,33-34H2,1-6H3,(H,35,37)(H,36,38)/t27-,28?/m1/s1. The van der Waals surface area contributed by atoms with Crippen LogP contribution in [0.2, 0.25) is 0 Å². The molecule has 6 N–H and O–H groups in total. The van der Waals surface area contributed by atoms with Crippen molar-refractivity contribution in [3.63, 3.8) is 0 Å². The molecule has 6 nitrogen and oxygen atoms in total. The average molecular weight is 507 g/mol. The maximum Gasteiger partial charge on any atom is 0.124 e. The van der Waals surface area contributed by atoms with Crippen molar-refractivity contribution in [3.8, 4) is 22.4 Å². The van der Waals surface area contributed by atoms with Crippen molar-refractivity contribution in [2.24, 2.45) is 22.3 Å². The minimum atomic E-state index is -0.157. The summed E-state index contributed by atoms with van der Waals surface area (Å²) in [6, 6.07) is 17.4. The third-order valence-electron chi connectivity index (χ3n) is 8.08. The second-order valence-electron chi connectivity index (χ2n) is 13.0. The zero-order valence-electron chi connectivity index (χ0n) is 23.2. The Morgan fingerprint density at radius 3 is 2.11 bits per heavy atom. The van der Waals surface area contributed by atoms with Gasteiger partial charge in [0.2, 0.25) is 0 Å². The number of H-pyrrole nitrogens is 2. The summed E-state index contributed by atoms with van der Waals surface area (Å²) in [5.74, 6) is 1.72. The molecule has 0 radical (unpaired) electrons. The number of nitrogens with zero attached hydrogens (tertiary/aromatic N) is 2. The van der Waals surface area contributed by atoms with E-state index in [0.29, 0.717) is 0 Å². The molecular formula is C32H38N6. The highest BCUT2D eigenvalue weighted by Crippen LogP contribution is 2.38. The number of nitrogens with two attached hydrogens (primary N) is 2. The van der Waals surface area contributed by atoms with Gasteiger partial charge in [-0.3, -0.25) is 0 Å². The predicted molar refractivity (Wildman–Crippen MR) is 157 cm³/mol. The number of fused-ring (bicyclic) bond motifs is 6. The van der Waals surface area contributed by atoms with Crippen molar-refractivity contribution in [3.05, 3.63) is 71.4 Å². The molecule has 38 heavy (non-hydrogen) atoms. The van der Waals surface area contributed by atoms with E-state index in [1.54, 1.807) is 0 Å². The van der Waals surface area contributed by atoms with E-state index in [1.807, 2.05) is 0 Å². The van der Waals surface area contributed by atoms with Crippen LogP contribution in [0, 0.1) is 10.8 Å². The highest BCUT2D eigenvalue weighted by molar-refractivity contribution is 6.05. The van der Waals surface area contributed by atoms with Crippen LogP contribution in [0.4, 0.5) is 0 Å². The highest BCUT2D eigenvalue weighted by Gasteiger charge is 2.29. The molecule has 3 aromatic carbocycles. The molecule has 1 aliphatic carbocycles. The maximum absolute atomic E-state index is 6.51. The molecule has 0 spiro atoms. The van der Waals surface area contributed by atoms with Crippen LogP contribution >= 0.6 is 0 Å². The molecular weight excluding hydrogens is 468 g/mol. The molecule has 0 bridgehead atoms. The van der Waals surface area contributed by atoms with Crippen LogP contribution in [0.3, 0.4) is 0 Å². The van der Waals surface area contributed by atoms with Crippen LogP contribution < -0.4 is 11.5 Å². The third-order valence-corrected chi connectivity index (χ3v) is 8.08. The maximum atomic E-state index is 6.51. The van der Waals surface area contributed by atoms with Gasteiger partial charge >= 0.3 is 0 Å². The lowest BCUT2D eigenvalue weighted by molar-refractivity contribution is 0.316. The second-order valence-corrected chi connectivity index (χ2v) is 13.0. The molecule has 2 atom stereocenters. The summed E-state index contributed by atoms with van der Waals surface area (Å²) in [5.41, 5.74) is 22.1. The molecule has 0 fully saturated rings. The van der Waals surface area contributed by atoms with Crippen LogP contribution in [0.5, 0.6) is 0 Å². The van der Waals surface area contributed by atoms with Gasteiger partial charge in [-0.05, 0) is 57.9 Å². The number of hydrogen-bond acceptors (Lipinski definition) is 4. The summed E-state index contributed by atoms with van der Waals surface area (Å²) in [4.78, 5) is 16.8. The van der Waals surface area contributed by atoms with Crippen LogP contribution in [0.15, 0.2) is 48.5 Å². The molecule has 0 amide bonds. The minimum Gasteiger partial charge on any atom is -0.340 e. The molecule has 6 rings (SSSR count). The fourth-order valence-corrected chi connectivity index (χ4v) is 5.43. The highest BCUT2D eigenvalue weighted by atomic mass is 15.0. The van der Waals surface area contributed by atoms with E-state index in [1.165, 1.54) is 27.6 Å². The SMILES string of the molecule is CC(C)(C)C(N)c1nc2c([nH]1)-c1ccc(-c3ccc4c(ccc5nc([C@@H](N)C(C)(C)C)[nH]c54)c3)cc1CC2. The van der Waals surface area contributed by atoms with Crippen molar-refractivity contribution >= 4 is 21.8 Å². The summed E-state index contributed by atoms with van der Waals surface area (Å²) in [6.45, 7) is 12.9. The molecule has 6 heteroatoms. The van der Waals surface area contributed by atoms with Gasteiger partial charge < -0.3 is 21.4 Å². The third kappa shape index (κ3) is 4.12. The van der Waals surface area contributed by atoms with Gasteiger partial charge in [0.1, 0.15) is 11.6 Å². The van der Waals surface area contributed by atoms with Crippen LogP contribution in [0.1, 0.15) is 76.5 Å². The van der Waals surface area contributed by atoms with Crippen molar-refractivity contribution in [1.29, 1.82) is 0 Å². The topological polar surface area (TPSA) is 109 Å². The summed E-state index contributed by atoms with van der Waals surface area (Å²) in [6.07, 6.45) is 1.90. The molecule has 0 aliphatic heterocycles. The molecule has 196 valence electrons. The Kier molecular flexibility index (Phi) is 5.57. The van der Waals surface area contributed by atoms with E-state index in [2.05, 4.69) is 100 Å². The first-order chi connectivity index (χ1) is 17.9. The first-order valence-electron chi connectivity index (χ1n) is 13.6. The minimum absolute atomic E-state index is 0.0504. The van der Waals surface area contributed by atoms with Gasteiger partial charge in [0, 0.05) is 10.9 Å². The van der Waals surface area contributed by atoms with E-state index in [0.717, 1.165) is 52.3 Å². The zero-order chi connectivity index (χ0) is 27.0. The van der Waals surface area contributed by atoms with E-state index in [-0.39, 0.29) is 22.9 Å². The van der Waals surface area contributed by atoms with E-state index >= 15 is 0 Å². The summed E-state index contributed by atoms with van der Waals surface area (Å²) in [5, 5.41) is 2.35. The first kappa shape index (κ1) is 24.8. The molecule has 1 unspecified atom stereocenters. The van der Waals surface area contributed by atoms with Crippen molar-refractivity contribution in [2.75, 3.05) is 0 Å². The lowest BCUT2D eigenvalue weighted by Gasteiger charge is -2.25. The monoisotopic (exact) mass is 506 g/mol. The normalized spacial score (nSPS) is 15.5. The number of rotatable bonds is 3. The Bertz CT molecular complexity index is 1670. The number of hydrogen-bond donors (Lipinski definition) is 4. The Balaban J connectivity index is 1.35. The summed E-state index contributed by atoms with van der Waals surface area (Å²) >= 11 is 0. The molecule has 5 aromatic rings. The van der Waals surface area contributed by atoms with E-state index in [9.17, 15) is 0 Å². The first-order valence-corrected chi connectivity index (χ1v) is 13.6. The fourth-order valence-electron chi connectivity index (χ4n) is 5.43. The summed E-state index contributed by atoms with van der Waals surface area (Å²) < 4.78 is 0. The van der Waals surface area contributed by atoms with Gasteiger partial charge in [0.05, 0.1) is 34.5 Å².